The van der Waals surface area contributed by atoms with Gasteiger partial charge in [-0.25, -0.2) is 4.79 Å². The molecule has 1 N–H and O–H groups in total. The Balaban J connectivity index is 1.73. The lowest BCUT2D eigenvalue weighted by Gasteiger charge is -2.04. The van der Waals surface area contributed by atoms with Crippen LogP contribution in [0.4, 0.5) is 0 Å². The van der Waals surface area contributed by atoms with Crippen LogP contribution in [0.3, 0.4) is 0 Å². The summed E-state index contributed by atoms with van der Waals surface area (Å²) in [6, 6.07) is 7.91. The number of imidazole rings is 1. The summed E-state index contributed by atoms with van der Waals surface area (Å²) in [4.78, 5) is 14.8. The molecule has 20 heavy (non-hydrogen) atoms. The van der Waals surface area contributed by atoms with E-state index in [4.69, 9.17) is 0 Å². The number of aryl methyl sites for hydroxylation is 1. The third-order valence-electron chi connectivity index (χ3n) is 3.92. The number of hydrogen-bond donors (Lipinski definition) is 1. The maximum Gasteiger partial charge on any atom is 0.326 e. The molecule has 0 spiro atoms. The number of unbranched alkanes of at least 4 members (excludes halogenated alkanes) is 7. The molecule has 3 heteroatoms. The van der Waals surface area contributed by atoms with Gasteiger partial charge in [-0.15, -0.1) is 0 Å². The van der Waals surface area contributed by atoms with Gasteiger partial charge in [-0.2, -0.15) is 0 Å². The zero-order valence-corrected chi connectivity index (χ0v) is 12.5. The zero-order chi connectivity index (χ0) is 14.2. The third-order valence-corrected chi connectivity index (χ3v) is 3.92. The highest BCUT2D eigenvalue weighted by Gasteiger charge is 2.04. The standard InChI is InChI=1S/C17H26N2O/c1-2-3-4-5-6-7-8-11-14-19-16-13-10-9-12-15(16)18-17(19)20/h9-10,12-13H,2-8,11,14H2,1H3,(H,18,20). The first-order chi connectivity index (χ1) is 9.83. The fourth-order valence-corrected chi connectivity index (χ4v) is 2.73. The summed E-state index contributed by atoms with van der Waals surface area (Å²) in [5.74, 6) is 0. The first-order valence-corrected chi connectivity index (χ1v) is 8.00. The largest absolute Gasteiger partial charge is 0.326 e. The number of benzene rings is 1. The molecule has 0 fully saturated rings. The van der Waals surface area contributed by atoms with Gasteiger partial charge in [-0.05, 0) is 18.6 Å². The van der Waals surface area contributed by atoms with Crippen molar-refractivity contribution in [2.45, 2.75) is 64.8 Å². The molecule has 2 aromatic rings. The first-order valence-electron chi connectivity index (χ1n) is 8.00. The molecular formula is C17H26N2O. The number of nitrogens with zero attached hydrogens (tertiary/aromatic N) is 1. The van der Waals surface area contributed by atoms with Crippen LogP contribution in [0.2, 0.25) is 0 Å². The van der Waals surface area contributed by atoms with Crippen LogP contribution in [0.15, 0.2) is 29.1 Å². The molecule has 0 aliphatic heterocycles. The monoisotopic (exact) mass is 274 g/mol. The second-order valence-corrected chi connectivity index (χ2v) is 5.57. The minimum Gasteiger partial charge on any atom is -0.306 e. The fourth-order valence-electron chi connectivity index (χ4n) is 2.73. The van der Waals surface area contributed by atoms with Crippen LogP contribution < -0.4 is 5.69 Å². The fraction of sp³-hybridized carbons (Fsp3) is 0.588. The van der Waals surface area contributed by atoms with E-state index in [9.17, 15) is 4.79 Å². The van der Waals surface area contributed by atoms with E-state index in [1.807, 2.05) is 28.8 Å². The summed E-state index contributed by atoms with van der Waals surface area (Å²) >= 11 is 0. The summed E-state index contributed by atoms with van der Waals surface area (Å²) in [6.07, 6.45) is 10.4. The number of nitrogens with one attached hydrogen (secondary N) is 1. The molecule has 0 aliphatic carbocycles. The molecule has 1 aromatic heterocycles. The van der Waals surface area contributed by atoms with E-state index in [2.05, 4.69) is 11.9 Å². The Hall–Kier alpha value is -1.51. The molecule has 0 unspecified atom stereocenters. The number of aromatic amines is 1. The Labute approximate surface area is 121 Å². The van der Waals surface area contributed by atoms with E-state index >= 15 is 0 Å². The first kappa shape index (κ1) is 14.9. The minimum absolute atomic E-state index is 0.0224. The summed E-state index contributed by atoms with van der Waals surface area (Å²) in [7, 11) is 0. The average Bonchev–Trinajstić information content (AvgIpc) is 2.78. The van der Waals surface area contributed by atoms with Crippen LogP contribution in [0, 0.1) is 0 Å². The zero-order valence-electron chi connectivity index (χ0n) is 12.5. The molecule has 0 bridgehead atoms. The number of hydrogen-bond acceptors (Lipinski definition) is 1. The summed E-state index contributed by atoms with van der Waals surface area (Å²) < 4.78 is 1.87. The molecule has 3 nitrogen and oxygen atoms in total. The van der Waals surface area contributed by atoms with Gasteiger partial charge in [0.15, 0.2) is 0 Å². The molecule has 110 valence electrons. The van der Waals surface area contributed by atoms with Gasteiger partial charge in [-0.1, -0.05) is 64.0 Å². The number of H-pyrrole nitrogens is 1. The number of aromatic nitrogens is 2. The summed E-state index contributed by atoms with van der Waals surface area (Å²) in [5, 5.41) is 0. The maximum atomic E-state index is 11.9. The Morgan fingerprint density at radius 3 is 2.35 bits per heavy atom. The van der Waals surface area contributed by atoms with E-state index in [-0.39, 0.29) is 5.69 Å². The van der Waals surface area contributed by atoms with E-state index in [0.29, 0.717) is 0 Å². The Morgan fingerprint density at radius 2 is 1.60 bits per heavy atom. The van der Waals surface area contributed by atoms with Crippen molar-refractivity contribution in [1.82, 2.24) is 9.55 Å². The molecule has 0 saturated carbocycles. The van der Waals surface area contributed by atoms with Crippen molar-refractivity contribution in [1.29, 1.82) is 0 Å². The van der Waals surface area contributed by atoms with Gasteiger partial charge in [0, 0.05) is 6.54 Å². The predicted molar refractivity (Wildman–Crippen MR) is 85.2 cm³/mol. The SMILES string of the molecule is CCCCCCCCCCn1c(=O)[nH]c2ccccc21. The summed E-state index contributed by atoms with van der Waals surface area (Å²) in [5.41, 5.74) is 1.99. The second kappa shape index (κ2) is 7.93. The van der Waals surface area contributed by atoms with Crippen molar-refractivity contribution in [3.63, 3.8) is 0 Å². The van der Waals surface area contributed by atoms with Crippen LogP contribution in [0.1, 0.15) is 58.3 Å². The van der Waals surface area contributed by atoms with Crippen molar-refractivity contribution < 1.29 is 0 Å². The predicted octanol–water partition coefficient (Wildman–Crippen LogP) is 4.47. The van der Waals surface area contributed by atoms with Gasteiger partial charge in [0.25, 0.3) is 0 Å². The van der Waals surface area contributed by atoms with Gasteiger partial charge in [0.05, 0.1) is 11.0 Å². The lowest BCUT2D eigenvalue weighted by Crippen LogP contribution is -2.16. The van der Waals surface area contributed by atoms with Crippen molar-refractivity contribution in [3.8, 4) is 0 Å². The molecule has 0 radical (unpaired) electrons. The highest BCUT2D eigenvalue weighted by molar-refractivity contribution is 5.74. The summed E-state index contributed by atoms with van der Waals surface area (Å²) in [6.45, 7) is 3.08. The van der Waals surface area contributed by atoms with Crippen molar-refractivity contribution in [3.05, 3.63) is 34.7 Å². The van der Waals surface area contributed by atoms with Crippen molar-refractivity contribution >= 4 is 11.0 Å². The number of rotatable bonds is 9. The quantitative estimate of drug-likeness (QED) is 0.673. The van der Waals surface area contributed by atoms with E-state index in [0.717, 1.165) is 24.0 Å². The molecule has 2 rings (SSSR count). The van der Waals surface area contributed by atoms with Crippen LogP contribution in [-0.4, -0.2) is 9.55 Å². The molecule has 1 aromatic carbocycles. The van der Waals surface area contributed by atoms with Gasteiger partial charge in [0.2, 0.25) is 0 Å². The highest BCUT2D eigenvalue weighted by Crippen LogP contribution is 2.12. The maximum absolute atomic E-state index is 11.9. The second-order valence-electron chi connectivity index (χ2n) is 5.57. The number of fused-ring (bicyclic) bond motifs is 1. The van der Waals surface area contributed by atoms with Gasteiger partial charge in [0.1, 0.15) is 0 Å². The van der Waals surface area contributed by atoms with E-state index in [1.54, 1.807) is 0 Å². The molecule has 0 amide bonds. The number of para-hydroxylation sites is 2. The van der Waals surface area contributed by atoms with Crippen molar-refractivity contribution in [2.24, 2.45) is 0 Å². The molecule has 0 atom stereocenters. The molecule has 0 aliphatic rings. The lowest BCUT2D eigenvalue weighted by atomic mass is 10.1. The van der Waals surface area contributed by atoms with Gasteiger partial charge in [-0.3, -0.25) is 4.57 Å². The van der Waals surface area contributed by atoms with Crippen LogP contribution in [0.5, 0.6) is 0 Å². The van der Waals surface area contributed by atoms with Crippen molar-refractivity contribution in [2.75, 3.05) is 0 Å². The molecule has 1 heterocycles. The van der Waals surface area contributed by atoms with Crippen LogP contribution >= 0.6 is 0 Å². The smallest absolute Gasteiger partial charge is 0.306 e. The lowest BCUT2D eigenvalue weighted by molar-refractivity contribution is 0.543. The van der Waals surface area contributed by atoms with Crippen LogP contribution in [0.25, 0.3) is 11.0 Å². The van der Waals surface area contributed by atoms with E-state index in [1.165, 1.54) is 44.9 Å². The molecular weight excluding hydrogens is 248 g/mol. The normalized spacial score (nSPS) is 11.2. The van der Waals surface area contributed by atoms with E-state index < -0.39 is 0 Å². The highest BCUT2D eigenvalue weighted by atomic mass is 16.1. The Morgan fingerprint density at radius 1 is 0.950 bits per heavy atom. The van der Waals surface area contributed by atoms with Gasteiger partial charge < -0.3 is 4.98 Å². The molecule has 0 saturated heterocycles. The average molecular weight is 274 g/mol. The Bertz CT molecular complexity index is 568. The Kier molecular flexibility index (Phi) is 5.90. The minimum atomic E-state index is 0.0224. The topological polar surface area (TPSA) is 37.8 Å². The third kappa shape index (κ3) is 3.99. The van der Waals surface area contributed by atoms with Crippen LogP contribution in [-0.2, 0) is 6.54 Å². The van der Waals surface area contributed by atoms with Gasteiger partial charge >= 0.3 is 5.69 Å².